The molecule has 1 aromatic carbocycles. The molecule has 0 aliphatic carbocycles. The number of hydrogen-bond acceptors (Lipinski definition) is 12. The van der Waals surface area contributed by atoms with E-state index in [1.165, 1.54) is 0 Å². The molecule has 0 saturated heterocycles. The minimum absolute atomic E-state index is 0.125. The highest BCUT2D eigenvalue weighted by Crippen LogP contribution is 2.01. The molecule has 0 aliphatic heterocycles. The van der Waals surface area contributed by atoms with Gasteiger partial charge in [-0.1, -0.05) is 36.4 Å². The van der Waals surface area contributed by atoms with Gasteiger partial charge in [-0.25, -0.2) is 0 Å². The SMILES string of the molecule is C=CC.C[N+](C)(C)CC(O)CC(=O)[O-].NCC(=O)O.N[C@@H](Cc1ccccc1)C(=O)O.OCC(O)CO.OCCO. The van der Waals surface area contributed by atoms with Crippen molar-refractivity contribution >= 4 is 17.9 Å². The van der Waals surface area contributed by atoms with Gasteiger partial charge in [0.15, 0.2) is 0 Å². The van der Waals surface area contributed by atoms with E-state index in [2.05, 4.69) is 12.3 Å². The zero-order chi connectivity index (χ0) is 33.4. The van der Waals surface area contributed by atoms with Crippen LogP contribution in [0.3, 0.4) is 0 Å². The Kier molecular flexibility index (Phi) is 38.7. The fraction of sp³-hybridized carbons (Fsp3) is 0.577. The standard InChI is InChI=1S/C9H11NO2.C7H15NO3.C3H8O3.C3H6.C2H5NO2.C2H6O2/c10-8(9(11)12)6-7-4-2-1-3-5-7;1-8(2,3)5-6(9)4-7(10)11;4-1-3(6)2-5;1-3-2;3-1-2(4)5;3-1-2-4/h1-5,8H,6,10H2,(H,11,12);6,9H,4-5H2,1-3H3;3-6H,1-2H2;3H,1H2,2H3;1,3H2,(H,4,5);3-4H,1-2H2/t8-;;;;;/m0...../s1. The van der Waals surface area contributed by atoms with Crippen LogP contribution in [0.1, 0.15) is 18.9 Å². The van der Waals surface area contributed by atoms with Crippen LogP contribution >= 0.6 is 0 Å². The van der Waals surface area contributed by atoms with Gasteiger partial charge in [0.25, 0.3) is 0 Å². The minimum atomic E-state index is -1.20. The lowest BCUT2D eigenvalue weighted by molar-refractivity contribution is -0.873. The van der Waals surface area contributed by atoms with E-state index in [0.717, 1.165) is 5.56 Å². The predicted molar refractivity (Wildman–Crippen MR) is 151 cm³/mol. The first-order chi connectivity index (χ1) is 18.9. The maximum atomic E-state index is 10.4. The molecular formula is C26H51N3O12. The maximum Gasteiger partial charge on any atom is 0.320 e. The normalized spacial score (nSPS) is 11.0. The number of benzene rings is 1. The molecule has 15 heteroatoms. The third-order valence-corrected chi connectivity index (χ3v) is 3.47. The molecule has 242 valence electrons. The minimum Gasteiger partial charge on any atom is -0.550 e. The number of allylic oxidation sites excluding steroid dienone is 1. The summed E-state index contributed by atoms with van der Waals surface area (Å²) >= 11 is 0. The molecule has 0 fully saturated rings. The first-order valence-corrected chi connectivity index (χ1v) is 12.2. The highest BCUT2D eigenvalue weighted by atomic mass is 16.4. The summed E-state index contributed by atoms with van der Waals surface area (Å²) in [5, 5.41) is 74.5. The van der Waals surface area contributed by atoms with E-state index in [1.54, 1.807) is 6.08 Å². The van der Waals surface area contributed by atoms with Crippen LogP contribution in [0.5, 0.6) is 0 Å². The van der Waals surface area contributed by atoms with Crippen molar-refractivity contribution in [2.24, 2.45) is 11.5 Å². The molecule has 0 radical (unpaired) electrons. The molecule has 0 heterocycles. The predicted octanol–water partition coefficient (Wildman–Crippen LogP) is -3.64. The second-order valence-electron chi connectivity index (χ2n) is 8.81. The Bertz CT molecular complexity index is 741. The molecular weight excluding hydrogens is 546 g/mol. The lowest BCUT2D eigenvalue weighted by Gasteiger charge is -2.26. The summed E-state index contributed by atoms with van der Waals surface area (Å²) in [6.45, 7) is 4.42. The summed E-state index contributed by atoms with van der Waals surface area (Å²) in [7, 11) is 5.66. The topological polar surface area (TPSA) is 288 Å². The summed E-state index contributed by atoms with van der Waals surface area (Å²) in [6, 6.07) is 8.54. The molecule has 0 saturated carbocycles. The van der Waals surface area contributed by atoms with Gasteiger partial charge in [0, 0.05) is 12.4 Å². The Balaban J connectivity index is -0.000000136. The molecule has 15 nitrogen and oxygen atoms in total. The molecule has 0 bridgehead atoms. The highest BCUT2D eigenvalue weighted by Gasteiger charge is 2.15. The lowest BCUT2D eigenvalue weighted by Crippen LogP contribution is -2.43. The van der Waals surface area contributed by atoms with E-state index in [9.17, 15) is 19.5 Å². The van der Waals surface area contributed by atoms with Crippen molar-refractivity contribution in [3.05, 3.63) is 48.6 Å². The Labute approximate surface area is 241 Å². The van der Waals surface area contributed by atoms with Crippen LogP contribution in [0, 0.1) is 0 Å². The average Bonchev–Trinajstić information content (AvgIpc) is 2.88. The molecule has 0 spiro atoms. The highest BCUT2D eigenvalue weighted by molar-refractivity contribution is 5.73. The van der Waals surface area contributed by atoms with Crippen LogP contribution in [0.25, 0.3) is 0 Å². The molecule has 41 heavy (non-hydrogen) atoms. The van der Waals surface area contributed by atoms with Gasteiger partial charge in [-0.3, -0.25) is 9.59 Å². The van der Waals surface area contributed by atoms with Crippen LogP contribution < -0.4 is 16.6 Å². The van der Waals surface area contributed by atoms with E-state index in [4.69, 9.17) is 46.6 Å². The number of aliphatic hydroxyl groups excluding tert-OH is 6. The number of carbonyl (C=O) groups excluding carboxylic acids is 1. The van der Waals surface area contributed by atoms with E-state index in [1.807, 2.05) is 58.4 Å². The average molecular weight is 598 g/mol. The fourth-order valence-electron chi connectivity index (χ4n) is 1.90. The third kappa shape index (κ3) is 53.9. The van der Waals surface area contributed by atoms with Gasteiger partial charge in [-0.2, -0.15) is 0 Å². The number of carbonyl (C=O) groups is 3. The molecule has 0 aliphatic rings. The van der Waals surface area contributed by atoms with Crippen molar-refractivity contribution < 1.29 is 64.8 Å². The number of hydrogen-bond donors (Lipinski definition) is 10. The summed E-state index contributed by atoms with van der Waals surface area (Å²) in [6.07, 6.45) is 0.0936. The second kappa shape index (κ2) is 33.2. The largest absolute Gasteiger partial charge is 0.550 e. The monoisotopic (exact) mass is 597 g/mol. The van der Waals surface area contributed by atoms with Crippen molar-refractivity contribution in [2.45, 2.75) is 38.0 Å². The summed E-state index contributed by atoms with van der Waals surface area (Å²) < 4.78 is 0.550. The van der Waals surface area contributed by atoms with Gasteiger partial charge < -0.3 is 66.7 Å². The summed E-state index contributed by atoms with van der Waals surface area (Å²) in [5.74, 6) is -3.13. The Hall–Kier alpha value is -2.99. The number of carboxylic acids is 3. The smallest absolute Gasteiger partial charge is 0.320 e. The summed E-state index contributed by atoms with van der Waals surface area (Å²) in [4.78, 5) is 29.6. The zero-order valence-electron chi connectivity index (χ0n) is 24.4. The third-order valence-electron chi connectivity index (χ3n) is 3.47. The van der Waals surface area contributed by atoms with Gasteiger partial charge in [-0.15, -0.1) is 6.58 Å². The first kappa shape index (κ1) is 47.8. The second-order valence-corrected chi connectivity index (χ2v) is 8.81. The molecule has 0 amide bonds. The van der Waals surface area contributed by atoms with E-state index in [-0.39, 0.29) is 39.4 Å². The van der Waals surface area contributed by atoms with Crippen molar-refractivity contribution in [2.75, 3.05) is 60.7 Å². The first-order valence-electron chi connectivity index (χ1n) is 12.2. The van der Waals surface area contributed by atoms with Crippen LogP contribution in [0.15, 0.2) is 43.0 Å². The van der Waals surface area contributed by atoms with Gasteiger partial charge in [0.05, 0.1) is 54.1 Å². The fourth-order valence-corrected chi connectivity index (χ4v) is 1.90. The van der Waals surface area contributed by atoms with Gasteiger partial charge in [-0.05, 0) is 18.9 Å². The van der Waals surface area contributed by atoms with E-state index >= 15 is 0 Å². The van der Waals surface area contributed by atoms with Crippen LogP contribution in [0.2, 0.25) is 0 Å². The van der Waals surface area contributed by atoms with Crippen molar-refractivity contribution in [3.8, 4) is 0 Å². The van der Waals surface area contributed by atoms with Crippen molar-refractivity contribution in [1.29, 1.82) is 0 Å². The quantitative estimate of drug-likeness (QED) is 0.0870. The van der Waals surface area contributed by atoms with Crippen LogP contribution in [0.4, 0.5) is 0 Å². The zero-order valence-corrected chi connectivity index (χ0v) is 24.4. The van der Waals surface area contributed by atoms with Gasteiger partial charge >= 0.3 is 11.9 Å². The number of nitrogens with two attached hydrogens (primary N) is 2. The number of rotatable bonds is 11. The number of aliphatic carboxylic acids is 3. The Morgan fingerprint density at radius 3 is 1.56 bits per heavy atom. The number of quaternary nitrogens is 1. The maximum absolute atomic E-state index is 10.4. The molecule has 2 atom stereocenters. The molecule has 0 aromatic heterocycles. The molecule has 1 rings (SSSR count). The Morgan fingerprint density at radius 1 is 0.951 bits per heavy atom. The molecule has 1 aromatic rings. The van der Waals surface area contributed by atoms with Crippen LogP contribution in [-0.2, 0) is 20.8 Å². The molecule has 12 N–H and O–H groups in total. The number of nitrogens with zero attached hydrogens (tertiary/aromatic N) is 1. The van der Waals surface area contributed by atoms with Gasteiger partial charge in [0.2, 0.25) is 0 Å². The van der Waals surface area contributed by atoms with E-state index < -0.39 is 36.2 Å². The Morgan fingerprint density at radius 2 is 1.34 bits per heavy atom. The van der Waals surface area contributed by atoms with Crippen LogP contribution in [-0.4, -0.2) is 142 Å². The van der Waals surface area contributed by atoms with Gasteiger partial charge in [0.1, 0.15) is 24.8 Å². The van der Waals surface area contributed by atoms with Crippen molar-refractivity contribution in [3.63, 3.8) is 0 Å². The number of carboxylic acid groups (broad SMARTS) is 3. The number of aliphatic hydroxyl groups is 6. The molecule has 1 unspecified atom stereocenters. The van der Waals surface area contributed by atoms with Crippen molar-refractivity contribution in [1.82, 2.24) is 0 Å². The number of likely N-dealkylation sites (N-methyl/N-ethyl adjacent to an activating group) is 1. The van der Waals surface area contributed by atoms with E-state index in [0.29, 0.717) is 17.4 Å². The lowest BCUT2D eigenvalue weighted by atomic mass is 10.1. The summed E-state index contributed by atoms with van der Waals surface area (Å²) in [5.41, 5.74) is 10.9.